The van der Waals surface area contributed by atoms with E-state index in [0.29, 0.717) is 13.1 Å². The van der Waals surface area contributed by atoms with E-state index in [4.69, 9.17) is 11.6 Å². The molecule has 1 aromatic carbocycles. The fraction of sp³-hybridized carbons (Fsp3) is 0.353. The van der Waals surface area contributed by atoms with Gasteiger partial charge in [0.25, 0.3) is 5.91 Å². The van der Waals surface area contributed by atoms with Crippen molar-refractivity contribution in [2.75, 3.05) is 31.5 Å². The van der Waals surface area contributed by atoms with Crippen LogP contribution < -0.4 is 5.32 Å². The minimum Gasteiger partial charge on any atom is -0.360 e. The first-order valence-electron chi connectivity index (χ1n) is 7.92. The Hall–Kier alpha value is -2.73. The maximum atomic E-state index is 12.9. The van der Waals surface area contributed by atoms with Crippen LogP contribution in [0.4, 0.5) is 18.9 Å². The third kappa shape index (κ3) is 5.14. The Morgan fingerprint density at radius 2 is 1.81 bits per heavy atom. The second-order valence-electron chi connectivity index (χ2n) is 5.80. The lowest BCUT2D eigenvalue weighted by Gasteiger charge is -2.34. The highest BCUT2D eigenvalue weighted by Crippen LogP contribution is 2.36. The lowest BCUT2D eigenvalue weighted by atomic mass is 10.2. The van der Waals surface area contributed by atoms with Crippen LogP contribution in [-0.2, 0) is 15.8 Å². The Kier molecular flexibility index (Phi) is 6.33. The molecule has 1 saturated heterocycles. The summed E-state index contributed by atoms with van der Waals surface area (Å²) in [5.74, 6) is -0.652. The first kappa shape index (κ1) is 20.6. The summed E-state index contributed by atoms with van der Waals surface area (Å²) in [6.45, 7) is 2.70. The van der Waals surface area contributed by atoms with Gasteiger partial charge >= 0.3 is 6.18 Å². The summed E-state index contributed by atoms with van der Waals surface area (Å²) in [7, 11) is 0. The topological polar surface area (TPSA) is 76.4 Å². The van der Waals surface area contributed by atoms with E-state index in [-0.39, 0.29) is 30.3 Å². The fourth-order valence-electron chi connectivity index (χ4n) is 2.52. The number of nitriles is 1. The molecule has 1 N–H and O–H groups in total. The Morgan fingerprint density at radius 3 is 2.33 bits per heavy atom. The van der Waals surface area contributed by atoms with Crippen molar-refractivity contribution < 1.29 is 22.8 Å². The molecule has 0 spiro atoms. The average molecular weight is 401 g/mol. The molecule has 6 nitrogen and oxygen atoms in total. The molecule has 0 saturated carbocycles. The van der Waals surface area contributed by atoms with Crippen LogP contribution in [-0.4, -0.2) is 47.8 Å². The van der Waals surface area contributed by atoms with Crippen LogP contribution in [0.3, 0.4) is 0 Å². The van der Waals surface area contributed by atoms with E-state index in [1.807, 2.05) is 0 Å². The molecule has 1 aliphatic rings. The summed E-state index contributed by atoms with van der Waals surface area (Å²) in [5, 5.41) is 11.3. The Bertz CT molecular complexity index is 809. The number of amides is 2. The van der Waals surface area contributed by atoms with Gasteiger partial charge in [0.05, 0.1) is 10.6 Å². The van der Waals surface area contributed by atoms with Crippen molar-refractivity contribution in [3.05, 3.63) is 40.6 Å². The Labute approximate surface area is 158 Å². The fourth-order valence-corrected chi connectivity index (χ4v) is 2.75. The number of hydrogen-bond donors (Lipinski definition) is 1. The molecule has 0 aromatic heterocycles. The van der Waals surface area contributed by atoms with E-state index in [2.05, 4.69) is 5.32 Å². The highest BCUT2D eigenvalue weighted by Gasteiger charge is 2.33. The molecule has 2 amide bonds. The van der Waals surface area contributed by atoms with Crippen molar-refractivity contribution in [2.45, 2.75) is 13.1 Å². The van der Waals surface area contributed by atoms with Crippen LogP contribution in [0.5, 0.6) is 0 Å². The number of anilines is 1. The third-order valence-electron chi connectivity index (χ3n) is 4.02. The number of nitrogens with one attached hydrogen (secondary N) is 1. The van der Waals surface area contributed by atoms with Crippen molar-refractivity contribution in [3.8, 4) is 6.07 Å². The SMILES string of the molecule is CC(=O)N1CCN(C(=O)/C(C#N)=C\Nc2ccc(Cl)c(C(F)(F)F)c2)CC1. The molecule has 27 heavy (non-hydrogen) atoms. The van der Waals surface area contributed by atoms with Crippen molar-refractivity contribution in [1.29, 1.82) is 5.26 Å². The molecule has 2 rings (SSSR count). The van der Waals surface area contributed by atoms with Gasteiger partial charge in [0.1, 0.15) is 11.6 Å². The maximum absolute atomic E-state index is 12.9. The number of benzene rings is 1. The number of piperazine rings is 1. The molecule has 0 atom stereocenters. The standard InChI is InChI=1S/C17H16ClF3N4O2/c1-11(26)24-4-6-25(7-5-24)16(27)12(9-22)10-23-13-2-3-15(18)14(8-13)17(19,20)21/h2-3,8,10,23H,4-7H2,1H3/b12-10-. The van der Waals surface area contributed by atoms with E-state index in [1.165, 1.54) is 17.9 Å². The lowest BCUT2D eigenvalue weighted by molar-refractivity contribution is -0.137. The van der Waals surface area contributed by atoms with Crippen molar-refractivity contribution in [2.24, 2.45) is 0 Å². The summed E-state index contributed by atoms with van der Waals surface area (Å²) in [5.41, 5.74) is -1.24. The van der Waals surface area contributed by atoms with Crippen LogP contribution in [0.25, 0.3) is 0 Å². The highest BCUT2D eigenvalue weighted by atomic mass is 35.5. The monoisotopic (exact) mass is 400 g/mol. The second kappa shape index (κ2) is 8.31. The van der Waals surface area contributed by atoms with Gasteiger partial charge < -0.3 is 15.1 Å². The Morgan fingerprint density at radius 1 is 1.22 bits per heavy atom. The number of rotatable bonds is 3. The zero-order valence-corrected chi connectivity index (χ0v) is 15.1. The van der Waals surface area contributed by atoms with Crippen molar-refractivity contribution >= 4 is 29.1 Å². The van der Waals surface area contributed by atoms with Crippen LogP contribution in [0.2, 0.25) is 5.02 Å². The van der Waals surface area contributed by atoms with E-state index >= 15 is 0 Å². The lowest BCUT2D eigenvalue weighted by Crippen LogP contribution is -2.50. The molecule has 10 heteroatoms. The molecule has 1 heterocycles. The van der Waals surface area contributed by atoms with E-state index in [9.17, 15) is 28.0 Å². The van der Waals surface area contributed by atoms with Gasteiger partial charge in [-0.1, -0.05) is 11.6 Å². The molecule has 1 aliphatic heterocycles. The van der Waals surface area contributed by atoms with Gasteiger partial charge in [-0.2, -0.15) is 18.4 Å². The summed E-state index contributed by atoms with van der Waals surface area (Å²) in [6.07, 6.45) is -3.56. The summed E-state index contributed by atoms with van der Waals surface area (Å²) in [4.78, 5) is 26.7. The van der Waals surface area contributed by atoms with Crippen LogP contribution in [0.1, 0.15) is 12.5 Å². The molecular weight excluding hydrogens is 385 g/mol. The van der Waals surface area contributed by atoms with Gasteiger partial charge in [-0.05, 0) is 18.2 Å². The summed E-state index contributed by atoms with van der Waals surface area (Å²) < 4.78 is 38.7. The van der Waals surface area contributed by atoms with Gasteiger partial charge in [0.15, 0.2) is 0 Å². The molecule has 1 fully saturated rings. The smallest absolute Gasteiger partial charge is 0.360 e. The first-order chi connectivity index (χ1) is 12.6. The zero-order valence-electron chi connectivity index (χ0n) is 14.3. The van der Waals surface area contributed by atoms with Gasteiger partial charge in [-0.25, -0.2) is 0 Å². The molecule has 0 bridgehead atoms. The minimum atomic E-state index is -4.62. The van der Waals surface area contributed by atoms with Crippen molar-refractivity contribution in [3.63, 3.8) is 0 Å². The largest absolute Gasteiger partial charge is 0.417 e. The van der Waals surface area contributed by atoms with E-state index in [1.54, 1.807) is 11.0 Å². The maximum Gasteiger partial charge on any atom is 0.417 e. The van der Waals surface area contributed by atoms with Gasteiger partial charge in [0, 0.05) is 45.0 Å². The molecule has 144 valence electrons. The Balaban J connectivity index is 2.10. The molecule has 1 aromatic rings. The van der Waals surface area contributed by atoms with Gasteiger partial charge in [-0.3, -0.25) is 9.59 Å². The number of carbonyl (C=O) groups excluding carboxylic acids is 2. The van der Waals surface area contributed by atoms with Gasteiger partial charge in [-0.15, -0.1) is 0 Å². The number of nitrogens with zero attached hydrogens (tertiary/aromatic N) is 3. The third-order valence-corrected chi connectivity index (χ3v) is 4.35. The van der Waals surface area contributed by atoms with E-state index in [0.717, 1.165) is 18.3 Å². The normalized spacial score (nSPS) is 15.3. The van der Waals surface area contributed by atoms with Gasteiger partial charge in [0.2, 0.25) is 5.91 Å². The summed E-state index contributed by atoms with van der Waals surface area (Å²) >= 11 is 5.55. The average Bonchev–Trinajstić information content (AvgIpc) is 2.62. The second-order valence-corrected chi connectivity index (χ2v) is 6.21. The number of carbonyl (C=O) groups is 2. The minimum absolute atomic E-state index is 0.0358. The van der Waals surface area contributed by atoms with E-state index < -0.39 is 22.7 Å². The predicted octanol–water partition coefficient (Wildman–Crippen LogP) is 2.87. The van der Waals surface area contributed by atoms with Crippen LogP contribution in [0, 0.1) is 11.3 Å². The first-order valence-corrected chi connectivity index (χ1v) is 8.29. The quantitative estimate of drug-likeness (QED) is 0.625. The van der Waals surface area contributed by atoms with Crippen LogP contribution in [0.15, 0.2) is 30.0 Å². The molecular formula is C17H16ClF3N4O2. The number of alkyl halides is 3. The zero-order chi connectivity index (χ0) is 20.2. The number of halogens is 4. The number of hydrogen-bond acceptors (Lipinski definition) is 4. The summed E-state index contributed by atoms with van der Waals surface area (Å²) in [6, 6.07) is 4.92. The molecule has 0 unspecified atom stereocenters. The molecule has 0 radical (unpaired) electrons. The molecule has 0 aliphatic carbocycles. The highest BCUT2D eigenvalue weighted by molar-refractivity contribution is 6.31. The van der Waals surface area contributed by atoms with Crippen LogP contribution >= 0.6 is 11.6 Å². The predicted molar refractivity (Wildman–Crippen MR) is 92.6 cm³/mol. The van der Waals surface area contributed by atoms with Crippen molar-refractivity contribution in [1.82, 2.24) is 9.80 Å².